The van der Waals surface area contributed by atoms with Gasteiger partial charge in [0.1, 0.15) is 5.60 Å². The smallest absolute Gasteiger partial charge is 0.407 e. The summed E-state index contributed by atoms with van der Waals surface area (Å²) in [6, 6.07) is 0. The van der Waals surface area contributed by atoms with Gasteiger partial charge in [-0.2, -0.15) is 0 Å². The SMILES string of the molecule is CCC(C)SSC(CCO)=C(C)N(C=O)CCNC(=O)OC(C)(C)C. The van der Waals surface area contributed by atoms with Crippen molar-refractivity contribution in [3.8, 4) is 0 Å². The molecule has 0 aliphatic carbocycles. The number of carbonyl (C=O) groups excluding carboxylic acids is 2. The molecule has 0 rings (SSSR count). The van der Waals surface area contributed by atoms with Crippen LogP contribution < -0.4 is 5.32 Å². The van der Waals surface area contributed by atoms with Gasteiger partial charge in [-0.1, -0.05) is 35.4 Å². The lowest BCUT2D eigenvalue weighted by Crippen LogP contribution is -2.37. The maximum Gasteiger partial charge on any atom is 0.407 e. The molecular formula is C17H32N2O4S2. The van der Waals surface area contributed by atoms with E-state index in [1.807, 2.05) is 6.92 Å². The van der Waals surface area contributed by atoms with Crippen LogP contribution in [0.15, 0.2) is 10.6 Å². The third-order valence-corrected chi connectivity index (χ3v) is 6.55. The first-order chi connectivity index (χ1) is 11.6. The minimum absolute atomic E-state index is 0.0313. The van der Waals surface area contributed by atoms with Gasteiger partial charge < -0.3 is 20.1 Å². The number of hydrogen-bond donors (Lipinski definition) is 2. The van der Waals surface area contributed by atoms with E-state index < -0.39 is 11.7 Å². The molecular weight excluding hydrogens is 360 g/mol. The van der Waals surface area contributed by atoms with Gasteiger partial charge in [-0.05, 0) is 34.1 Å². The largest absolute Gasteiger partial charge is 0.444 e. The maximum absolute atomic E-state index is 11.7. The zero-order chi connectivity index (χ0) is 19.5. The first kappa shape index (κ1) is 24.1. The Labute approximate surface area is 159 Å². The molecule has 146 valence electrons. The second-order valence-corrected chi connectivity index (χ2v) is 9.34. The molecule has 0 saturated carbocycles. The van der Waals surface area contributed by atoms with Crippen LogP contribution in [0.3, 0.4) is 0 Å². The van der Waals surface area contributed by atoms with Crippen LogP contribution in [0, 0.1) is 0 Å². The number of nitrogens with one attached hydrogen (secondary N) is 1. The fourth-order valence-corrected chi connectivity index (χ4v) is 4.34. The number of aliphatic hydroxyl groups excluding tert-OH is 1. The summed E-state index contributed by atoms with van der Waals surface area (Å²) >= 11 is 0. The van der Waals surface area contributed by atoms with E-state index in [4.69, 9.17) is 4.74 Å². The van der Waals surface area contributed by atoms with Crippen molar-refractivity contribution in [1.82, 2.24) is 10.2 Å². The lowest BCUT2D eigenvalue weighted by Gasteiger charge is -2.23. The molecule has 0 bridgehead atoms. The number of nitrogens with zero attached hydrogens (tertiary/aromatic N) is 1. The molecule has 0 aromatic carbocycles. The molecule has 0 saturated heterocycles. The summed E-state index contributed by atoms with van der Waals surface area (Å²) in [7, 11) is 3.33. The molecule has 25 heavy (non-hydrogen) atoms. The van der Waals surface area contributed by atoms with E-state index in [0.29, 0.717) is 24.8 Å². The quantitative estimate of drug-likeness (QED) is 0.412. The third kappa shape index (κ3) is 11.4. The Morgan fingerprint density at radius 3 is 2.52 bits per heavy atom. The highest BCUT2D eigenvalue weighted by atomic mass is 33.1. The number of allylic oxidation sites excluding steroid dienone is 1. The number of carbonyl (C=O) groups is 2. The number of aliphatic hydroxyl groups is 1. The second-order valence-electron chi connectivity index (χ2n) is 6.61. The topological polar surface area (TPSA) is 78.9 Å². The molecule has 8 heteroatoms. The van der Waals surface area contributed by atoms with Crippen molar-refractivity contribution in [2.24, 2.45) is 0 Å². The number of amides is 2. The fraction of sp³-hybridized carbons (Fsp3) is 0.765. The van der Waals surface area contributed by atoms with Crippen LogP contribution in [0.4, 0.5) is 4.79 Å². The number of hydrogen-bond acceptors (Lipinski definition) is 6. The van der Waals surface area contributed by atoms with Gasteiger partial charge in [0.2, 0.25) is 6.41 Å². The van der Waals surface area contributed by atoms with E-state index >= 15 is 0 Å². The van der Waals surface area contributed by atoms with Gasteiger partial charge in [-0.15, -0.1) is 0 Å². The van der Waals surface area contributed by atoms with E-state index in [2.05, 4.69) is 19.2 Å². The molecule has 1 unspecified atom stereocenters. The van der Waals surface area contributed by atoms with Gasteiger partial charge >= 0.3 is 6.09 Å². The summed E-state index contributed by atoms with van der Waals surface area (Å²) in [4.78, 5) is 25.6. The van der Waals surface area contributed by atoms with Crippen molar-refractivity contribution >= 4 is 34.1 Å². The van der Waals surface area contributed by atoms with Gasteiger partial charge in [0.25, 0.3) is 0 Å². The Kier molecular flexibility index (Phi) is 12.1. The predicted octanol–water partition coefficient (Wildman–Crippen LogP) is 3.76. The van der Waals surface area contributed by atoms with Gasteiger partial charge in [0, 0.05) is 42.0 Å². The van der Waals surface area contributed by atoms with E-state index in [1.54, 1.807) is 47.3 Å². The summed E-state index contributed by atoms with van der Waals surface area (Å²) < 4.78 is 5.17. The standard InChI is InChI=1S/C17H32N2O4S2/c1-7-13(2)24-25-15(8-11-20)14(3)19(12-21)10-9-18-16(22)23-17(4,5)6/h12-13,20H,7-11H2,1-6H3,(H,18,22). The highest BCUT2D eigenvalue weighted by Gasteiger charge is 2.17. The zero-order valence-corrected chi connectivity index (χ0v) is 17.8. The van der Waals surface area contributed by atoms with Crippen LogP contribution in [0.25, 0.3) is 0 Å². The maximum atomic E-state index is 11.7. The lowest BCUT2D eigenvalue weighted by molar-refractivity contribution is -0.116. The molecule has 0 aromatic heterocycles. The van der Waals surface area contributed by atoms with Gasteiger partial charge in [0.15, 0.2) is 0 Å². The first-order valence-electron chi connectivity index (χ1n) is 8.47. The minimum atomic E-state index is -0.553. The summed E-state index contributed by atoms with van der Waals surface area (Å²) in [5.41, 5.74) is 0.249. The van der Waals surface area contributed by atoms with Gasteiger partial charge in [-0.3, -0.25) is 4.79 Å². The Bertz CT molecular complexity index is 450. The first-order valence-corrected chi connectivity index (χ1v) is 10.7. The van der Waals surface area contributed by atoms with E-state index in [9.17, 15) is 14.7 Å². The molecule has 0 aliphatic heterocycles. The predicted molar refractivity (Wildman–Crippen MR) is 106 cm³/mol. The Hall–Kier alpha value is -0.860. The van der Waals surface area contributed by atoms with Crippen molar-refractivity contribution in [3.63, 3.8) is 0 Å². The van der Waals surface area contributed by atoms with E-state index in [1.165, 1.54) is 0 Å². The second kappa shape index (κ2) is 12.5. The monoisotopic (exact) mass is 392 g/mol. The molecule has 2 N–H and O–H groups in total. The van der Waals surface area contributed by atoms with E-state index in [0.717, 1.165) is 23.4 Å². The summed E-state index contributed by atoms with van der Waals surface area (Å²) in [6.07, 6.45) is 1.81. The molecule has 0 heterocycles. The highest BCUT2D eigenvalue weighted by Crippen LogP contribution is 2.38. The van der Waals surface area contributed by atoms with Crippen molar-refractivity contribution < 1.29 is 19.4 Å². The summed E-state index contributed by atoms with van der Waals surface area (Å²) in [5.74, 6) is 0. The van der Waals surface area contributed by atoms with Crippen LogP contribution in [-0.2, 0) is 9.53 Å². The van der Waals surface area contributed by atoms with Crippen LogP contribution in [0.5, 0.6) is 0 Å². The van der Waals surface area contributed by atoms with Crippen LogP contribution >= 0.6 is 21.6 Å². The molecule has 0 aromatic rings. The number of alkyl carbamates (subject to hydrolysis) is 1. The van der Waals surface area contributed by atoms with Crippen molar-refractivity contribution in [2.45, 2.75) is 65.2 Å². The molecule has 0 aliphatic rings. The number of ether oxygens (including phenoxy) is 1. The molecule has 0 radical (unpaired) electrons. The lowest BCUT2D eigenvalue weighted by atomic mass is 10.2. The van der Waals surface area contributed by atoms with Crippen molar-refractivity contribution in [2.75, 3.05) is 19.7 Å². The summed E-state index contributed by atoms with van der Waals surface area (Å²) in [5, 5.41) is 12.4. The van der Waals surface area contributed by atoms with Crippen LogP contribution in [0.1, 0.15) is 54.4 Å². The van der Waals surface area contributed by atoms with Crippen molar-refractivity contribution in [3.05, 3.63) is 10.6 Å². The minimum Gasteiger partial charge on any atom is -0.444 e. The number of rotatable bonds is 11. The average Bonchev–Trinajstić information content (AvgIpc) is 2.52. The molecule has 6 nitrogen and oxygen atoms in total. The Morgan fingerprint density at radius 2 is 2.04 bits per heavy atom. The average molecular weight is 393 g/mol. The fourth-order valence-electron chi connectivity index (χ4n) is 1.64. The normalized spacial score (nSPS) is 13.7. The molecule has 0 spiro atoms. The summed E-state index contributed by atoms with van der Waals surface area (Å²) in [6.45, 7) is 12.2. The zero-order valence-electron chi connectivity index (χ0n) is 16.1. The van der Waals surface area contributed by atoms with Crippen LogP contribution in [0.2, 0.25) is 0 Å². The van der Waals surface area contributed by atoms with E-state index in [-0.39, 0.29) is 6.61 Å². The van der Waals surface area contributed by atoms with Gasteiger partial charge in [0.05, 0.1) is 0 Å². The van der Waals surface area contributed by atoms with Crippen molar-refractivity contribution in [1.29, 1.82) is 0 Å². The third-order valence-electron chi connectivity index (χ3n) is 3.21. The molecule has 0 fully saturated rings. The Balaban J connectivity index is 4.73. The van der Waals surface area contributed by atoms with Crippen LogP contribution in [-0.4, -0.2) is 53.1 Å². The Morgan fingerprint density at radius 1 is 1.40 bits per heavy atom. The van der Waals surface area contributed by atoms with Gasteiger partial charge in [-0.25, -0.2) is 4.79 Å². The molecule has 2 amide bonds. The molecule has 1 atom stereocenters. The highest BCUT2D eigenvalue weighted by molar-refractivity contribution is 8.78.